The maximum absolute atomic E-state index is 12.4. The van der Waals surface area contributed by atoms with E-state index in [-0.39, 0.29) is 23.3 Å². The molecule has 0 bridgehead atoms. The van der Waals surface area contributed by atoms with Gasteiger partial charge in [0.15, 0.2) is 0 Å². The molecule has 2 aliphatic rings. The van der Waals surface area contributed by atoms with Crippen molar-refractivity contribution in [2.24, 2.45) is 7.05 Å². The normalized spacial score (nSPS) is 23.6. The number of carbonyl (C=O) groups is 2. The van der Waals surface area contributed by atoms with Gasteiger partial charge in [-0.25, -0.2) is 4.98 Å². The van der Waals surface area contributed by atoms with E-state index in [1.54, 1.807) is 0 Å². The molecule has 0 unspecified atom stereocenters. The zero-order valence-electron chi connectivity index (χ0n) is 18.6. The second-order valence-corrected chi connectivity index (χ2v) is 9.16. The Labute approximate surface area is 187 Å². The molecule has 3 heterocycles. The van der Waals surface area contributed by atoms with Crippen molar-refractivity contribution in [2.75, 3.05) is 18.4 Å². The van der Waals surface area contributed by atoms with E-state index in [1.807, 2.05) is 30.3 Å². The van der Waals surface area contributed by atoms with E-state index in [0.717, 1.165) is 55.0 Å². The molecule has 2 fully saturated rings. The van der Waals surface area contributed by atoms with Gasteiger partial charge in [0, 0.05) is 45.1 Å². The average molecular weight is 432 g/mol. The van der Waals surface area contributed by atoms with Crippen LogP contribution in [-0.2, 0) is 23.2 Å². The third-order valence-electron chi connectivity index (χ3n) is 6.91. The van der Waals surface area contributed by atoms with Crippen LogP contribution in [0.4, 0.5) is 5.69 Å². The lowest BCUT2D eigenvalue weighted by Gasteiger charge is -2.39. The van der Waals surface area contributed by atoms with Gasteiger partial charge in [0.25, 0.3) is 0 Å². The molecule has 2 N–H and O–H groups in total. The molecular weight excluding hydrogens is 402 g/mol. The van der Waals surface area contributed by atoms with E-state index < -0.39 is 0 Å². The molecule has 2 saturated heterocycles. The lowest BCUT2D eigenvalue weighted by atomic mass is 9.76. The first-order valence-electron chi connectivity index (χ1n) is 11.2. The summed E-state index contributed by atoms with van der Waals surface area (Å²) in [6, 6.07) is 16.3. The zero-order chi connectivity index (χ0) is 22.3. The Hall–Kier alpha value is -3.19. The number of nitrogens with one attached hydrogen (secondary N) is 2. The van der Waals surface area contributed by atoms with Gasteiger partial charge in [-0.2, -0.15) is 0 Å². The van der Waals surface area contributed by atoms with Crippen molar-refractivity contribution >= 4 is 28.5 Å². The molecule has 5 rings (SSSR count). The molecule has 2 amide bonds. The summed E-state index contributed by atoms with van der Waals surface area (Å²) in [4.78, 5) is 31.1. The predicted molar refractivity (Wildman–Crippen MR) is 124 cm³/mol. The number of rotatable bonds is 4. The Morgan fingerprint density at radius 2 is 2.00 bits per heavy atom. The minimum Gasteiger partial charge on any atom is -0.349 e. The Kier molecular flexibility index (Phi) is 5.21. The molecule has 0 aliphatic carbocycles. The lowest BCUT2D eigenvalue weighted by molar-refractivity contribution is -0.125. The molecule has 2 aliphatic heterocycles. The number of benzene rings is 2. The van der Waals surface area contributed by atoms with Gasteiger partial charge in [-0.3, -0.25) is 14.5 Å². The molecule has 7 heteroatoms. The molecule has 32 heavy (non-hydrogen) atoms. The van der Waals surface area contributed by atoms with E-state index in [1.165, 1.54) is 12.5 Å². The van der Waals surface area contributed by atoms with Gasteiger partial charge in [0.05, 0.1) is 23.1 Å². The van der Waals surface area contributed by atoms with Crippen LogP contribution in [0, 0.1) is 0 Å². The summed E-state index contributed by atoms with van der Waals surface area (Å²) in [5.74, 6) is 1.28. The molecule has 1 aromatic heterocycles. The number of aryl methyl sites for hydroxylation is 1. The summed E-state index contributed by atoms with van der Waals surface area (Å²) in [5, 5.41) is 6.20. The van der Waals surface area contributed by atoms with Crippen LogP contribution in [0.3, 0.4) is 0 Å². The Balaban J connectivity index is 1.43. The third kappa shape index (κ3) is 3.77. The fourth-order valence-corrected chi connectivity index (χ4v) is 5.44. The average Bonchev–Trinajstić information content (AvgIpc) is 3.26. The number of nitrogens with zero attached hydrogens (tertiary/aromatic N) is 3. The van der Waals surface area contributed by atoms with Crippen LogP contribution in [0.15, 0.2) is 48.5 Å². The van der Waals surface area contributed by atoms with Crippen LogP contribution in [0.1, 0.15) is 43.5 Å². The van der Waals surface area contributed by atoms with E-state index in [0.29, 0.717) is 6.42 Å². The van der Waals surface area contributed by atoms with Crippen LogP contribution in [0.25, 0.3) is 11.0 Å². The number of carbonyl (C=O) groups excluding carboxylic acids is 2. The molecule has 7 nitrogen and oxygen atoms in total. The number of likely N-dealkylation sites (tertiary alicyclic amines) is 1. The highest BCUT2D eigenvalue weighted by Gasteiger charge is 2.49. The molecule has 3 aromatic rings. The number of hydrogen-bond acceptors (Lipinski definition) is 4. The first kappa shape index (κ1) is 20.7. The second-order valence-electron chi connectivity index (χ2n) is 9.16. The molecular formula is C25H29N5O2. The zero-order valence-corrected chi connectivity index (χ0v) is 18.6. The maximum Gasteiger partial charge on any atom is 0.221 e. The van der Waals surface area contributed by atoms with E-state index >= 15 is 0 Å². The SMILES string of the molecule is CC(=O)Nc1ccc([C@@H]2CN(Cc3nc4ccccc4n3C)C[C@]23CCCC(=O)N3)cc1. The quantitative estimate of drug-likeness (QED) is 0.665. The number of amides is 2. The van der Waals surface area contributed by atoms with Gasteiger partial charge < -0.3 is 15.2 Å². The standard InChI is InChI=1S/C25H29N5O2/c1-17(31)26-19-11-9-18(10-12-19)20-14-30(16-25(20)13-5-8-24(32)28-25)15-23-27-21-6-3-4-7-22(21)29(23)2/h3-4,6-7,9-12,20H,5,8,13-16H2,1-2H3,(H,26,31)(H,28,32)/t20-,25+/m0/s1. The van der Waals surface area contributed by atoms with Crippen molar-refractivity contribution in [2.45, 2.75) is 44.2 Å². The minimum atomic E-state index is -0.268. The molecule has 2 atom stereocenters. The molecule has 166 valence electrons. The van der Waals surface area contributed by atoms with Crippen molar-refractivity contribution in [1.82, 2.24) is 19.8 Å². The first-order valence-corrected chi connectivity index (χ1v) is 11.2. The van der Waals surface area contributed by atoms with Crippen LogP contribution in [0.5, 0.6) is 0 Å². The fraction of sp³-hybridized carbons (Fsp3) is 0.400. The second kappa shape index (κ2) is 8.06. The monoisotopic (exact) mass is 431 g/mol. The van der Waals surface area contributed by atoms with E-state index in [4.69, 9.17) is 4.98 Å². The Bertz CT molecular complexity index is 1170. The summed E-state index contributed by atoms with van der Waals surface area (Å²) in [5.41, 5.74) is 3.85. The number of piperidine rings is 1. The smallest absolute Gasteiger partial charge is 0.221 e. The third-order valence-corrected chi connectivity index (χ3v) is 6.91. The van der Waals surface area contributed by atoms with Gasteiger partial charge in [0.2, 0.25) is 11.8 Å². The summed E-state index contributed by atoms with van der Waals surface area (Å²) in [6.45, 7) is 3.91. The highest BCUT2D eigenvalue weighted by atomic mass is 16.2. The van der Waals surface area contributed by atoms with Crippen LogP contribution >= 0.6 is 0 Å². The summed E-state index contributed by atoms with van der Waals surface area (Å²) in [7, 11) is 2.07. The highest BCUT2D eigenvalue weighted by Crippen LogP contribution is 2.42. The number of anilines is 1. The van der Waals surface area contributed by atoms with Crippen molar-refractivity contribution in [3.05, 3.63) is 59.9 Å². The van der Waals surface area contributed by atoms with Crippen LogP contribution in [0.2, 0.25) is 0 Å². The number of imidazole rings is 1. The highest BCUT2D eigenvalue weighted by molar-refractivity contribution is 5.88. The lowest BCUT2D eigenvalue weighted by Crippen LogP contribution is -2.56. The minimum absolute atomic E-state index is 0.0803. The van der Waals surface area contributed by atoms with Crippen LogP contribution < -0.4 is 10.6 Å². The van der Waals surface area contributed by atoms with Gasteiger partial charge in [-0.1, -0.05) is 24.3 Å². The number of aromatic nitrogens is 2. The van der Waals surface area contributed by atoms with Crippen molar-refractivity contribution < 1.29 is 9.59 Å². The summed E-state index contributed by atoms with van der Waals surface area (Å²) in [6.07, 6.45) is 2.48. The van der Waals surface area contributed by atoms with Gasteiger partial charge in [0.1, 0.15) is 5.82 Å². The Morgan fingerprint density at radius 1 is 1.22 bits per heavy atom. The van der Waals surface area contributed by atoms with Crippen molar-refractivity contribution in [1.29, 1.82) is 0 Å². The van der Waals surface area contributed by atoms with Crippen molar-refractivity contribution in [3.63, 3.8) is 0 Å². The largest absolute Gasteiger partial charge is 0.349 e. The van der Waals surface area contributed by atoms with Crippen LogP contribution in [-0.4, -0.2) is 44.9 Å². The first-order chi connectivity index (χ1) is 15.4. The van der Waals surface area contributed by atoms with E-state index in [9.17, 15) is 9.59 Å². The summed E-state index contributed by atoms with van der Waals surface area (Å²) >= 11 is 0. The topological polar surface area (TPSA) is 79.3 Å². The predicted octanol–water partition coefficient (Wildman–Crippen LogP) is 3.17. The number of fused-ring (bicyclic) bond motifs is 1. The Morgan fingerprint density at radius 3 is 2.72 bits per heavy atom. The molecule has 0 saturated carbocycles. The molecule has 2 aromatic carbocycles. The number of hydrogen-bond donors (Lipinski definition) is 2. The van der Waals surface area contributed by atoms with Gasteiger partial charge in [-0.15, -0.1) is 0 Å². The molecule has 1 spiro atoms. The maximum atomic E-state index is 12.4. The van der Waals surface area contributed by atoms with Gasteiger partial charge in [-0.05, 0) is 42.7 Å². The summed E-state index contributed by atoms with van der Waals surface area (Å²) < 4.78 is 2.16. The fourth-order valence-electron chi connectivity index (χ4n) is 5.44. The van der Waals surface area contributed by atoms with Gasteiger partial charge >= 0.3 is 0 Å². The van der Waals surface area contributed by atoms with E-state index in [2.05, 4.69) is 45.3 Å². The number of para-hydroxylation sites is 2. The van der Waals surface area contributed by atoms with Crippen molar-refractivity contribution in [3.8, 4) is 0 Å². The molecule has 0 radical (unpaired) electrons.